The monoisotopic (exact) mass is 300 g/mol. The van der Waals surface area contributed by atoms with Gasteiger partial charge in [-0.25, -0.2) is 0 Å². The number of nitrogens with zero attached hydrogens (tertiary/aromatic N) is 1. The Bertz CT molecular complexity index is 519. The molecule has 0 unspecified atom stereocenters. The van der Waals surface area contributed by atoms with Crippen LogP contribution in [0.3, 0.4) is 0 Å². The van der Waals surface area contributed by atoms with Gasteiger partial charge in [0.1, 0.15) is 0 Å². The van der Waals surface area contributed by atoms with Gasteiger partial charge in [-0.05, 0) is 12.1 Å². The van der Waals surface area contributed by atoms with Gasteiger partial charge >= 0.3 is 10.2 Å². The van der Waals surface area contributed by atoms with Gasteiger partial charge in [0, 0.05) is 26.6 Å². The lowest BCUT2D eigenvalue weighted by molar-refractivity contribution is 0.204. The maximum Gasteiger partial charge on any atom is 0.301 e. The number of rotatable bonds is 9. The predicted octanol–water partition coefficient (Wildman–Crippen LogP) is 0.300. The van der Waals surface area contributed by atoms with Crippen LogP contribution >= 0.6 is 0 Å². The minimum absolute atomic E-state index is 0.0574. The SMILES string of the molecule is COCCNS(=O)(=O)N(CCC(=N)N)c1ccccc1. The molecular weight excluding hydrogens is 280 g/mol. The molecule has 112 valence electrons. The van der Waals surface area contributed by atoms with E-state index in [2.05, 4.69) is 4.72 Å². The van der Waals surface area contributed by atoms with Gasteiger partial charge in [-0.2, -0.15) is 13.1 Å². The van der Waals surface area contributed by atoms with E-state index in [1.807, 2.05) is 0 Å². The van der Waals surface area contributed by atoms with E-state index >= 15 is 0 Å². The molecule has 1 rings (SSSR count). The zero-order chi connectivity index (χ0) is 15.0. The molecule has 0 spiro atoms. The summed E-state index contributed by atoms with van der Waals surface area (Å²) in [5.41, 5.74) is 5.83. The van der Waals surface area contributed by atoms with Crippen LogP contribution < -0.4 is 14.8 Å². The van der Waals surface area contributed by atoms with Crippen molar-refractivity contribution in [2.75, 3.05) is 31.1 Å². The van der Waals surface area contributed by atoms with Crippen LogP contribution in [0.1, 0.15) is 6.42 Å². The lowest BCUT2D eigenvalue weighted by Gasteiger charge is -2.24. The first-order valence-electron chi connectivity index (χ1n) is 6.11. The van der Waals surface area contributed by atoms with Gasteiger partial charge in [0.15, 0.2) is 0 Å². The average Bonchev–Trinajstić information content (AvgIpc) is 2.39. The molecule has 0 aromatic heterocycles. The second-order valence-corrected chi connectivity index (χ2v) is 5.75. The molecule has 0 radical (unpaired) electrons. The van der Waals surface area contributed by atoms with Crippen molar-refractivity contribution in [1.82, 2.24) is 4.72 Å². The largest absolute Gasteiger partial charge is 0.388 e. The lowest BCUT2D eigenvalue weighted by Crippen LogP contribution is -2.43. The molecule has 0 saturated carbocycles. The van der Waals surface area contributed by atoms with E-state index in [4.69, 9.17) is 15.9 Å². The maximum atomic E-state index is 12.3. The third kappa shape index (κ3) is 5.16. The molecule has 8 heteroatoms. The first-order chi connectivity index (χ1) is 9.47. The summed E-state index contributed by atoms with van der Waals surface area (Å²) in [6.07, 6.45) is 0.167. The number of anilines is 1. The van der Waals surface area contributed by atoms with E-state index in [0.717, 1.165) is 0 Å². The minimum atomic E-state index is -3.69. The van der Waals surface area contributed by atoms with Crippen molar-refractivity contribution in [3.05, 3.63) is 30.3 Å². The third-order valence-electron chi connectivity index (χ3n) is 2.51. The van der Waals surface area contributed by atoms with Crippen molar-refractivity contribution < 1.29 is 13.2 Å². The average molecular weight is 300 g/mol. The topological polar surface area (TPSA) is 109 Å². The smallest absolute Gasteiger partial charge is 0.301 e. The molecule has 1 aromatic rings. The Kier molecular flexibility index (Phi) is 6.43. The van der Waals surface area contributed by atoms with Crippen LogP contribution in [0.4, 0.5) is 5.69 Å². The highest BCUT2D eigenvalue weighted by molar-refractivity contribution is 7.90. The summed E-state index contributed by atoms with van der Waals surface area (Å²) >= 11 is 0. The van der Waals surface area contributed by atoms with Crippen LogP contribution in [-0.2, 0) is 14.9 Å². The summed E-state index contributed by atoms with van der Waals surface area (Å²) in [7, 11) is -2.19. The molecule has 0 bridgehead atoms. The Morgan fingerprint density at radius 3 is 2.60 bits per heavy atom. The summed E-state index contributed by atoms with van der Waals surface area (Å²) in [6.45, 7) is 0.582. The number of ether oxygens (including phenoxy) is 1. The summed E-state index contributed by atoms with van der Waals surface area (Å²) < 4.78 is 33.0. The molecule has 0 atom stereocenters. The fraction of sp³-hybridized carbons (Fsp3) is 0.417. The number of amidine groups is 1. The van der Waals surface area contributed by atoms with Crippen LogP contribution in [0.2, 0.25) is 0 Å². The molecule has 0 aliphatic carbocycles. The van der Waals surface area contributed by atoms with Gasteiger partial charge in [0.05, 0.1) is 18.1 Å². The Morgan fingerprint density at radius 2 is 2.05 bits per heavy atom. The highest BCUT2D eigenvalue weighted by Crippen LogP contribution is 2.16. The maximum absolute atomic E-state index is 12.3. The first kappa shape index (κ1) is 16.4. The molecule has 0 saturated heterocycles. The van der Waals surface area contributed by atoms with Crippen LogP contribution in [0.15, 0.2) is 30.3 Å². The molecule has 0 aliphatic heterocycles. The van der Waals surface area contributed by atoms with E-state index in [1.54, 1.807) is 30.3 Å². The fourth-order valence-electron chi connectivity index (χ4n) is 1.55. The first-order valence-corrected chi connectivity index (χ1v) is 7.55. The fourth-order valence-corrected chi connectivity index (χ4v) is 2.78. The standard InChI is InChI=1S/C12H20N4O3S/c1-19-10-8-15-20(17,18)16(9-7-12(13)14)11-5-3-2-4-6-11/h2-6,15H,7-10H2,1H3,(H3,13,14). The van der Waals surface area contributed by atoms with E-state index in [1.165, 1.54) is 11.4 Å². The minimum Gasteiger partial charge on any atom is -0.388 e. The normalized spacial score (nSPS) is 11.2. The molecular formula is C12H20N4O3S. The molecule has 1 aromatic carbocycles. The van der Waals surface area contributed by atoms with Crippen molar-refractivity contribution in [3.63, 3.8) is 0 Å². The number of nitrogens with one attached hydrogen (secondary N) is 2. The molecule has 20 heavy (non-hydrogen) atoms. The van der Waals surface area contributed by atoms with E-state index < -0.39 is 10.2 Å². The van der Waals surface area contributed by atoms with E-state index in [0.29, 0.717) is 5.69 Å². The highest BCUT2D eigenvalue weighted by Gasteiger charge is 2.21. The Hall–Kier alpha value is -1.64. The van der Waals surface area contributed by atoms with Gasteiger partial charge in [0.25, 0.3) is 0 Å². The molecule has 0 amide bonds. The second-order valence-electron chi connectivity index (χ2n) is 4.08. The number of hydrogen-bond acceptors (Lipinski definition) is 4. The summed E-state index contributed by atoms with van der Waals surface area (Å²) in [5, 5.41) is 7.24. The van der Waals surface area contributed by atoms with Crippen molar-refractivity contribution >= 4 is 21.7 Å². The molecule has 4 N–H and O–H groups in total. The lowest BCUT2D eigenvalue weighted by atomic mass is 10.3. The quantitative estimate of drug-likeness (QED) is 0.346. The Morgan fingerprint density at radius 1 is 1.40 bits per heavy atom. The van der Waals surface area contributed by atoms with Gasteiger partial charge in [-0.15, -0.1) is 0 Å². The van der Waals surface area contributed by atoms with E-state index in [-0.39, 0.29) is 32.0 Å². The third-order valence-corrected chi connectivity index (χ3v) is 4.05. The molecule has 0 heterocycles. The van der Waals surface area contributed by atoms with Crippen molar-refractivity contribution in [2.45, 2.75) is 6.42 Å². The zero-order valence-electron chi connectivity index (χ0n) is 11.4. The van der Waals surface area contributed by atoms with Crippen LogP contribution in [0.5, 0.6) is 0 Å². The van der Waals surface area contributed by atoms with Gasteiger partial charge in [-0.1, -0.05) is 18.2 Å². The number of nitrogens with two attached hydrogens (primary N) is 1. The van der Waals surface area contributed by atoms with Crippen LogP contribution in [-0.4, -0.2) is 41.1 Å². The summed E-state index contributed by atoms with van der Waals surface area (Å²) in [6, 6.07) is 8.69. The summed E-state index contributed by atoms with van der Waals surface area (Å²) in [4.78, 5) is 0. The van der Waals surface area contributed by atoms with Gasteiger partial charge in [-0.3, -0.25) is 9.71 Å². The second kappa shape index (κ2) is 7.83. The van der Waals surface area contributed by atoms with Crippen LogP contribution in [0.25, 0.3) is 0 Å². The van der Waals surface area contributed by atoms with Crippen molar-refractivity contribution in [2.24, 2.45) is 5.73 Å². The zero-order valence-corrected chi connectivity index (χ0v) is 12.2. The van der Waals surface area contributed by atoms with Gasteiger partial charge in [0.2, 0.25) is 0 Å². The van der Waals surface area contributed by atoms with E-state index in [9.17, 15) is 8.42 Å². The van der Waals surface area contributed by atoms with Crippen LogP contribution in [0, 0.1) is 5.41 Å². The molecule has 0 fully saturated rings. The molecule has 0 aliphatic rings. The number of para-hydroxylation sites is 1. The van der Waals surface area contributed by atoms with Crippen molar-refractivity contribution in [3.8, 4) is 0 Å². The Balaban J connectivity index is 2.89. The Labute approximate surface area is 119 Å². The predicted molar refractivity (Wildman–Crippen MR) is 79.1 cm³/mol. The van der Waals surface area contributed by atoms with Crippen molar-refractivity contribution in [1.29, 1.82) is 5.41 Å². The highest BCUT2D eigenvalue weighted by atomic mass is 32.2. The van der Waals surface area contributed by atoms with Gasteiger partial charge < -0.3 is 10.5 Å². The summed E-state index contributed by atoms with van der Waals surface area (Å²) in [5.74, 6) is -0.0574. The number of hydrogen-bond donors (Lipinski definition) is 3. The number of methoxy groups -OCH3 is 1. The number of benzene rings is 1. The molecule has 7 nitrogen and oxygen atoms in total.